The predicted octanol–water partition coefficient (Wildman–Crippen LogP) is 5.33. The molecule has 0 spiro atoms. The fourth-order valence-electron chi connectivity index (χ4n) is 4.27. The molecule has 1 saturated heterocycles. The number of Topliss-reactive ketones (excluding diaryl/α,β-unsaturated/α-hetero) is 1. The van der Waals surface area contributed by atoms with Crippen molar-refractivity contribution in [2.45, 2.75) is 33.4 Å². The first kappa shape index (κ1) is 24.1. The standard InChI is InChI=1S/C29H29NO5/c1-5-35-24-14-10-21(11-15-24)26-25(27(31)22-9-6-18(2)19(3)16-22)28(32)29(33)30(26)17-20-7-12-23(34-4)13-8-20/h6-16,26,31H,5,17H2,1-4H3/b27-25-. The number of hydrogen-bond acceptors (Lipinski definition) is 5. The molecule has 1 atom stereocenters. The number of aliphatic hydroxyl groups is 1. The van der Waals surface area contributed by atoms with Gasteiger partial charge in [0, 0.05) is 12.1 Å². The van der Waals surface area contributed by atoms with Crippen molar-refractivity contribution in [3.8, 4) is 11.5 Å². The molecule has 35 heavy (non-hydrogen) atoms. The van der Waals surface area contributed by atoms with E-state index in [1.54, 1.807) is 13.2 Å². The first-order valence-electron chi connectivity index (χ1n) is 11.6. The lowest BCUT2D eigenvalue weighted by Crippen LogP contribution is -2.29. The van der Waals surface area contributed by atoms with Gasteiger partial charge in [0.2, 0.25) is 0 Å². The van der Waals surface area contributed by atoms with Crippen LogP contribution in [0.5, 0.6) is 11.5 Å². The fourth-order valence-corrected chi connectivity index (χ4v) is 4.27. The maximum Gasteiger partial charge on any atom is 0.295 e. The number of aryl methyl sites for hydroxylation is 2. The van der Waals surface area contributed by atoms with Gasteiger partial charge in [0.1, 0.15) is 17.3 Å². The number of carbonyl (C=O) groups is 2. The van der Waals surface area contributed by atoms with Crippen LogP contribution in [0.1, 0.15) is 40.8 Å². The Morgan fingerprint density at radius 2 is 1.57 bits per heavy atom. The summed E-state index contributed by atoms with van der Waals surface area (Å²) in [7, 11) is 1.59. The molecule has 1 heterocycles. The molecule has 0 bridgehead atoms. The van der Waals surface area contributed by atoms with E-state index in [4.69, 9.17) is 9.47 Å². The van der Waals surface area contributed by atoms with Gasteiger partial charge in [0.25, 0.3) is 11.7 Å². The minimum atomic E-state index is -0.741. The molecule has 180 valence electrons. The molecule has 6 nitrogen and oxygen atoms in total. The Bertz CT molecular complexity index is 1280. The highest BCUT2D eigenvalue weighted by Gasteiger charge is 2.46. The second-order valence-corrected chi connectivity index (χ2v) is 8.58. The van der Waals surface area contributed by atoms with Crippen LogP contribution in [0.3, 0.4) is 0 Å². The van der Waals surface area contributed by atoms with E-state index in [2.05, 4.69) is 0 Å². The smallest absolute Gasteiger partial charge is 0.295 e. The Hall–Kier alpha value is -4.06. The van der Waals surface area contributed by atoms with E-state index in [9.17, 15) is 14.7 Å². The number of ether oxygens (including phenoxy) is 2. The van der Waals surface area contributed by atoms with Crippen molar-refractivity contribution in [1.29, 1.82) is 0 Å². The van der Waals surface area contributed by atoms with E-state index in [1.165, 1.54) is 4.90 Å². The van der Waals surface area contributed by atoms with Crippen LogP contribution >= 0.6 is 0 Å². The highest BCUT2D eigenvalue weighted by atomic mass is 16.5. The monoisotopic (exact) mass is 471 g/mol. The third-order valence-electron chi connectivity index (χ3n) is 6.34. The van der Waals surface area contributed by atoms with Crippen molar-refractivity contribution < 1.29 is 24.2 Å². The molecule has 1 unspecified atom stereocenters. The van der Waals surface area contributed by atoms with E-state index in [0.717, 1.165) is 16.7 Å². The van der Waals surface area contributed by atoms with Crippen LogP contribution in [0, 0.1) is 13.8 Å². The quantitative estimate of drug-likeness (QED) is 0.286. The van der Waals surface area contributed by atoms with Crippen LogP contribution in [0.2, 0.25) is 0 Å². The van der Waals surface area contributed by atoms with Gasteiger partial charge in [-0.1, -0.05) is 36.4 Å². The van der Waals surface area contributed by atoms with Crippen LogP contribution in [0.25, 0.3) is 5.76 Å². The summed E-state index contributed by atoms with van der Waals surface area (Å²) in [4.78, 5) is 28.0. The number of aliphatic hydroxyl groups excluding tert-OH is 1. The highest BCUT2D eigenvalue weighted by molar-refractivity contribution is 6.46. The second kappa shape index (κ2) is 10.1. The van der Waals surface area contributed by atoms with Crippen LogP contribution in [0.15, 0.2) is 72.3 Å². The third-order valence-corrected chi connectivity index (χ3v) is 6.34. The molecule has 0 aromatic heterocycles. The van der Waals surface area contributed by atoms with Gasteiger partial charge in [-0.3, -0.25) is 9.59 Å². The first-order chi connectivity index (χ1) is 16.8. The van der Waals surface area contributed by atoms with Crippen LogP contribution in [-0.4, -0.2) is 35.4 Å². The number of hydrogen-bond donors (Lipinski definition) is 1. The Kier molecular flexibility index (Phi) is 6.92. The highest BCUT2D eigenvalue weighted by Crippen LogP contribution is 2.41. The van der Waals surface area contributed by atoms with Crippen molar-refractivity contribution in [2.75, 3.05) is 13.7 Å². The number of rotatable bonds is 7. The molecule has 1 N–H and O–H groups in total. The molecule has 6 heteroatoms. The molecule has 0 saturated carbocycles. The molecule has 4 rings (SSSR count). The average Bonchev–Trinajstić information content (AvgIpc) is 3.11. The molecule has 1 aliphatic heterocycles. The second-order valence-electron chi connectivity index (χ2n) is 8.58. The number of benzene rings is 3. The van der Waals surface area contributed by atoms with Gasteiger partial charge >= 0.3 is 0 Å². The zero-order valence-corrected chi connectivity index (χ0v) is 20.4. The first-order valence-corrected chi connectivity index (χ1v) is 11.6. The molecule has 3 aromatic carbocycles. The van der Waals surface area contributed by atoms with Crippen molar-refractivity contribution in [3.05, 3.63) is 100 Å². The summed E-state index contributed by atoms with van der Waals surface area (Å²) in [6, 6.07) is 19.4. The number of methoxy groups -OCH3 is 1. The Morgan fingerprint density at radius 3 is 2.17 bits per heavy atom. The SMILES string of the molecule is CCOc1ccc(C2/C(=C(/O)c3ccc(C)c(C)c3)C(=O)C(=O)N2Cc2ccc(OC)cc2)cc1. The lowest BCUT2D eigenvalue weighted by atomic mass is 9.94. The summed E-state index contributed by atoms with van der Waals surface area (Å²) in [6.45, 7) is 6.56. The molecule has 1 amide bonds. The summed E-state index contributed by atoms with van der Waals surface area (Å²) >= 11 is 0. The number of carbonyl (C=O) groups excluding carboxylic acids is 2. The average molecular weight is 472 g/mol. The normalized spacial score (nSPS) is 17.0. The van der Waals surface area contributed by atoms with Gasteiger partial charge in [-0.25, -0.2) is 0 Å². The largest absolute Gasteiger partial charge is 0.507 e. The molecule has 1 aliphatic rings. The molecular formula is C29H29NO5. The van der Waals surface area contributed by atoms with Crippen LogP contribution in [-0.2, 0) is 16.1 Å². The van der Waals surface area contributed by atoms with Crippen molar-refractivity contribution in [2.24, 2.45) is 0 Å². The summed E-state index contributed by atoms with van der Waals surface area (Å²) in [6.07, 6.45) is 0. The van der Waals surface area contributed by atoms with E-state index >= 15 is 0 Å². The Balaban J connectivity index is 1.82. The molecule has 1 fully saturated rings. The topological polar surface area (TPSA) is 76.1 Å². The van der Waals surface area contributed by atoms with E-state index in [1.807, 2.05) is 81.4 Å². The van der Waals surface area contributed by atoms with Crippen molar-refractivity contribution in [1.82, 2.24) is 4.90 Å². The van der Waals surface area contributed by atoms with Gasteiger partial charge in [-0.05, 0) is 73.4 Å². The summed E-state index contributed by atoms with van der Waals surface area (Å²) < 4.78 is 10.8. The fraction of sp³-hybridized carbons (Fsp3) is 0.241. The minimum absolute atomic E-state index is 0.0796. The summed E-state index contributed by atoms with van der Waals surface area (Å²) in [5, 5.41) is 11.3. The molecule has 3 aromatic rings. The maximum absolute atomic E-state index is 13.3. The Labute approximate surface area is 205 Å². The summed E-state index contributed by atoms with van der Waals surface area (Å²) in [5.41, 5.74) is 4.20. The summed E-state index contributed by atoms with van der Waals surface area (Å²) in [5.74, 6) is -0.133. The zero-order chi connectivity index (χ0) is 25.1. The minimum Gasteiger partial charge on any atom is -0.507 e. The van der Waals surface area contributed by atoms with Crippen molar-refractivity contribution >= 4 is 17.4 Å². The molecule has 0 radical (unpaired) electrons. The number of ketones is 1. The maximum atomic E-state index is 13.3. The van der Waals surface area contributed by atoms with Crippen LogP contribution < -0.4 is 9.47 Å². The van der Waals surface area contributed by atoms with Gasteiger partial charge in [0.05, 0.1) is 25.3 Å². The number of amides is 1. The van der Waals surface area contributed by atoms with E-state index in [-0.39, 0.29) is 17.9 Å². The number of likely N-dealkylation sites (tertiary alicyclic amines) is 1. The lowest BCUT2D eigenvalue weighted by molar-refractivity contribution is -0.140. The van der Waals surface area contributed by atoms with Gasteiger partial charge in [0.15, 0.2) is 0 Å². The van der Waals surface area contributed by atoms with Gasteiger partial charge < -0.3 is 19.5 Å². The predicted molar refractivity (Wildman–Crippen MR) is 134 cm³/mol. The zero-order valence-electron chi connectivity index (χ0n) is 20.4. The molecular weight excluding hydrogens is 442 g/mol. The Morgan fingerprint density at radius 1 is 0.914 bits per heavy atom. The molecule has 0 aliphatic carbocycles. The van der Waals surface area contributed by atoms with Crippen LogP contribution in [0.4, 0.5) is 0 Å². The van der Waals surface area contributed by atoms with Gasteiger partial charge in [-0.15, -0.1) is 0 Å². The van der Waals surface area contributed by atoms with Gasteiger partial charge in [-0.2, -0.15) is 0 Å². The number of nitrogens with zero attached hydrogens (tertiary/aromatic N) is 1. The van der Waals surface area contributed by atoms with E-state index in [0.29, 0.717) is 29.2 Å². The third kappa shape index (κ3) is 4.78. The lowest BCUT2D eigenvalue weighted by Gasteiger charge is -2.25. The van der Waals surface area contributed by atoms with E-state index < -0.39 is 17.7 Å². The van der Waals surface area contributed by atoms with Crippen molar-refractivity contribution in [3.63, 3.8) is 0 Å².